The van der Waals surface area contributed by atoms with Crippen LogP contribution >= 0.6 is 11.6 Å². The molecule has 1 fully saturated rings. The topological polar surface area (TPSA) is 79.8 Å². The van der Waals surface area contributed by atoms with Crippen LogP contribution in [0.2, 0.25) is 5.15 Å². The van der Waals surface area contributed by atoms with Crippen LogP contribution in [0.5, 0.6) is 5.75 Å². The van der Waals surface area contributed by atoms with Gasteiger partial charge < -0.3 is 9.64 Å². The third-order valence-electron chi connectivity index (χ3n) is 5.23. The SMILES string of the molecule is C=CCOc1ccc(CN(C)C(=O)C2CCN(S(=O)(=O)c3cccnc3Cl)CC2)cc1. The second-order valence-electron chi connectivity index (χ2n) is 7.41. The van der Waals surface area contributed by atoms with E-state index in [9.17, 15) is 13.2 Å². The Bertz CT molecular complexity index is 1020. The van der Waals surface area contributed by atoms with Crippen molar-refractivity contribution >= 4 is 27.5 Å². The summed E-state index contributed by atoms with van der Waals surface area (Å²) < 4.78 is 32.5. The van der Waals surface area contributed by atoms with Gasteiger partial charge in [0.15, 0.2) is 0 Å². The average Bonchev–Trinajstić information content (AvgIpc) is 2.78. The van der Waals surface area contributed by atoms with Crippen LogP contribution in [-0.4, -0.2) is 55.3 Å². The Morgan fingerprint density at radius 1 is 1.29 bits per heavy atom. The highest BCUT2D eigenvalue weighted by molar-refractivity contribution is 7.89. The summed E-state index contributed by atoms with van der Waals surface area (Å²) in [5.41, 5.74) is 0.994. The molecule has 3 rings (SSSR count). The molecule has 0 bridgehead atoms. The van der Waals surface area contributed by atoms with E-state index >= 15 is 0 Å². The van der Waals surface area contributed by atoms with Gasteiger partial charge in [-0.05, 0) is 42.7 Å². The molecule has 1 aliphatic heterocycles. The molecule has 7 nitrogen and oxygen atoms in total. The summed E-state index contributed by atoms with van der Waals surface area (Å²) in [5.74, 6) is 0.555. The van der Waals surface area contributed by atoms with Crippen molar-refractivity contribution in [3.63, 3.8) is 0 Å². The van der Waals surface area contributed by atoms with Crippen LogP contribution in [0.15, 0.2) is 60.1 Å². The summed E-state index contributed by atoms with van der Waals surface area (Å²) >= 11 is 5.97. The zero-order valence-electron chi connectivity index (χ0n) is 17.4. The first-order chi connectivity index (χ1) is 14.8. The molecule has 166 valence electrons. The molecule has 2 aromatic rings. The number of carbonyl (C=O) groups excluding carboxylic acids is 1. The lowest BCUT2D eigenvalue weighted by Gasteiger charge is -2.32. The number of hydrogen-bond acceptors (Lipinski definition) is 5. The number of sulfonamides is 1. The number of ether oxygens (including phenoxy) is 1. The van der Waals surface area contributed by atoms with Gasteiger partial charge in [-0.25, -0.2) is 13.4 Å². The summed E-state index contributed by atoms with van der Waals surface area (Å²) in [6.45, 7) is 5.08. The highest BCUT2D eigenvalue weighted by atomic mass is 35.5. The standard InChI is InChI=1S/C22H26ClN3O4S/c1-3-15-30-19-8-6-17(7-9-19)16-25(2)22(27)18-10-13-26(14-11-18)31(28,29)20-5-4-12-24-21(20)23/h3-9,12,18H,1,10-11,13-16H2,2H3. The molecule has 1 aliphatic rings. The van der Waals surface area contributed by atoms with Crippen LogP contribution in [0.4, 0.5) is 0 Å². The van der Waals surface area contributed by atoms with Crippen LogP contribution in [0.25, 0.3) is 0 Å². The molecule has 1 aromatic carbocycles. The van der Waals surface area contributed by atoms with E-state index in [0.717, 1.165) is 11.3 Å². The number of nitrogens with zero attached hydrogens (tertiary/aromatic N) is 3. The molecule has 0 atom stereocenters. The number of pyridine rings is 1. The Hall–Kier alpha value is -2.42. The van der Waals surface area contributed by atoms with Gasteiger partial charge in [0.05, 0.1) is 0 Å². The predicted molar refractivity (Wildman–Crippen MR) is 119 cm³/mol. The van der Waals surface area contributed by atoms with Gasteiger partial charge in [0.1, 0.15) is 22.4 Å². The Labute approximate surface area is 188 Å². The van der Waals surface area contributed by atoms with E-state index in [1.54, 1.807) is 24.1 Å². The van der Waals surface area contributed by atoms with Crippen molar-refractivity contribution in [3.05, 3.63) is 66.0 Å². The highest BCUT2D eigenvalue weighted by Gasteiger charge is 2.34. The number of rotatable bonds is 8. The van der Waals surface area contributed by atoms with E-state index in [1.807, 2.05) is 24.3 Å². The molecule has 0 spiro atoms. The maximum atomic E-state index is 12.9. The average molecular weight is 464 g/mol. The summed E-state index contributed by atoms with van der Waals surface area (Å²) in [4.78, 5) is 18.4. The Balaban J connectivity index is 1.56. The summed E-state index contributed by atoms with van der Waals surface area (Å²) in [6.07, 6.45) is 4.06. The quantitative estimate of drug-likeness (QED) is 0.443. The lowest BCUT2D eigenvalue weighted by Crippen LogP contribution is -2.43. The van der Waals surface area contributed by atoms with E-state index in [1.165, 1.54) is 16.6 Å². The predicted octanol–water partition coefficient (Wildman–Crippen LogP) is 3.36. The van der Waals surface area contributed by atoms with E-state index in [0.29, 0.717) is 26.0 Å². The molecule has 0 N–H and O–H groups in total. The third kappa shape index (κ3) is 5.64. The first kappa shape index (κ1) is 23.2. The third-order valence-corrected chi connectivity index (χ3v) is 7.58. The van der Waals surface area contributed by atoms with Crippen molar-refractivity contribution in [1.82, 2.24) is 14.2 Å². The second-order valence-corrected chi connectivity index (χ2v) is 9.67. The van der Waals surface area contributed by atoms with Crippen molar-refractivity contribution in [3.8, 4) is 5.75 Å². The lowest BCUT2D eigenvalue weighted by atomic mass is 9.96. The van der Waals surface area contributed by atoms with Crippen LogP contribution in [-0.2, 0) is 21.4 Å². The minimum Gasteiger partial charge on any atom is -0.490 e. The summed E-state index contributed by atoms with van der Waals surface area (Å²) in [6, 6.07) is 10.6. The van der Waals surface area contributed by atoms with Gasteiger partial charge in [-0.1, -0.05) is 36.4 Å². The zero-order valence-corrected chi connectivity index (χ0v) is 19.0. The van der Waals surface area contributed by atoms with Crippen LogP contribution in [0.1, 0.15) is 18.4 Å². The number of amides is 1. The van der Waals surface area contributed by atoms with Gasteiger partial charge >= 0.3 is 0 Å². The van der Waals surface area contributed by atoms with E-state index in [2.05, 4.69) is 11.6 Å². The Morgan fingerprint density at radius 2 is 1.97 bits per heavy atom. The maximum Gasteiger partial charge on any atom is 0.246 e. The van der Waals surface area contributed by atoms with E-state index in [-0.39, 0.29) is 35.0 Å². The fourth-order valence-electron chi connectivity index (χ4n) is 3.56. The molecular weight excluding hydrogens is 438 g/mol. The number of halogens is 1. The van der Waals surface area contributed by atoms with E-state index in [4.69, 9.17) is 16.3 Å². The van der Waals surface area contributed by atoms with Crippen molar-refractivity contribution in [2.24, 2.45) is 5.92 Å². The second kappa shape index (κ2) is 10.3. The first-order valence-electron chi connectivity index (χ1n) is 10.0. The monoisotopic (exact) mass is 463 g/mol. The van der Waals surface area contributed by atoms with Gasteiger partial charge in [0.2, 0.25) is 15.9 Å². The van der Waals surface area contributed by atoms with Crippen LogP contribution in [0.3, 0.4) is 0 Å². The molecule has 9 heteroatoms. The molecule has 31 heavy (non-hydrogen) atoms. The van der Waals surface area contributed by atoms with Gasteiger partial charge in [-0.3, -0.25) is 4.79 Å². The first-order valence-corrected chi connectivity index (χ1v) is 11.8. The summed E-state index contributed by atoms with van der Waals surface area (Å²) in [7, 11) is -1.96. The van der Waals surface area contributed by atoms with Crippen molar-refractivity contribution in [2.75, 3.05) is 26.7 Å². The summed E-state index contributed by atoms with van der Waals surface area (Å²) in [5, 5.41) is -0.0404. The molecule has 1 amide bonds. The van der Waals surface area contributed by atoms with Crippen molar-refractivity contribution in [2.45, 2.75) is 24.3 Å². The largest absolute Gasteiger partial charge is 0.490 e. The van der Waals surface area contributed by atoms with Gasteiger partial charge in [0, 0.05) is 38.8 Å². The van der Waals surface area contributed by atoms with Crippen molar-refractivity contribution < 1.29 is 17.9 Å². The number of benzene rings is 1. The molecular formula is C22H26ClN3O4S. The van der Waals surface area contributed by atoms with Crippen LogP contribution in [0, 0.1) is 5.92 Å². The lowest BCUT2D eigenvalue weighted by molar-refractivity contribution is -0.135. The van der Waals surface area contributed by atoms with Gasteiger partial charge in [-0.2, -0.15) is 4.31 Å². The number of hydrogen-bond donors (Lipinski definition) is 0. The van der Waals surface area contributed by atoms with Gasteiger partial charge in [-0.15, -0.1) is 0 Å². The molecule has 1 saturated heterocycles. The van der Waals surface area contributed by atoms with Crippen molar-refractivity contribution in [1.29, 1.82) is 0 Å². The molecule has 0 aliphatic carbocycles. The Kier molecular flexibility index (Phi) is 7.69. The smallest absolute Gasteiger partial charge is 0.246 e. The normalized spacial score (nSPS) is 15.4. The molecule has 0 saturated carbocycles. The Morgan fingerprint density at radius 3 is 2.58 bits per heavy atom. The van der Waals surface area contributed by atoms with E-state index < -0.39 is 10.0 Å². The van der Waals surface area contributed by atoms with Gasteiger partial charge in [0.25, 0.3) is 0 Å². The molecule has 1 aromatic heterocycles. The molecule has 0 radical (unpaired) electrons. The zero-order chi connectivity index (χ0) is 22.4. The number of piperidine rings is 1. The minimum atomic E-state index is -3.73. The fraction of sp³-hybridized carbons (Fsp3) is 0.364. The number of aromatic nitrogens is 1. The molecule has 0 unspecified atom stereocenters. The highest BCUT2D eigenvalue weighted by Crippen LogP contribution is 2.28. The van der Waals surface area contributed by atoms with Crippen LogP contribution < -0.4 is 4.74 Å². The fourth-order valence-corrected chi connectivity index (χ4v) is 5.45. The maximum absolute atomic E-state index is 12.9. The minimum absolute atomic E-state index is 0.000854. The molecule has 2 heterocycles. The number of carbonyl (C=O) groups is 1.